The highest BCUT2D eigenvalue weighted by Gasteiger charge is 2.30. The fourth-order valence-corrected chi connectivity index (χ4v) is 1.67. The largest absolute Gasteiger partial charge is 0.573 e. The number of pyridine rings is 1. The van der Waals surface area contributed by atoms with Crippen molar-refractivity contribution in [3.8, 4) is 16.9 Å². The zero-order valence-corrected chi connectivity index (χ0v) is 10.0. The second-order valence-corrected chi connectivity index (χ2v) is 3.97. The lowest BCUT2D eigenvalue weighted by molar-refractivity contribution is -0.274. The summed E-state index contributed by atoms with van der Waals surface area (Å²) < 4.78 is 39.9. The number of hydrogen-bond acceptors (Lipinski definition) is 3. The summed E-state index contributed by atoms with van der Waals surface area (Å²) in [5.41, 5.74) is 8.61. The molecule has 0 saturated carbocycles. The lowest BCUT2D eigenvalue weighted by Crippen LogP contribution is -2.16. The van der Waals surface area contributed by atoms with Crippen molar-refractivity contribution in [2.75, 3.05) is 5.73 Å². The fraction of sp³-hybridized carbons (Fsp3) is 0.154. The van der Waals surface area contributed by atoms with Crippen molar-refractivity contribution >= 4 is 5.69 Å². The van der Waals surface area contributed by atoms with E-state index in [2.05, 4.69) is 9.72 Å². The summed E-state index contributed by atoms with van der Waals surface area (Å²) in [6.07, 6.45) is -1.54. The number of benzene rings is 1. The van der Waals surface area contributed by atoms with E-state index in [-0.39, 0.29) is 5.75 Å². The number of rotatable bonds is 2. The molecule has 0 aliphatic heterocycles. The Morgan fingerprint density at radius 1 is 1.11 bits per heavy atom. The molecule has 0 bridgehead atoms. The first kappa shape index (κ1) is 13.2. The predicted molar refractivity (Wildman–Crippen MR) is 65.5 cm³/mol. The van der Waals surface area contributed by atoms with Crippen LogP contribution in [0.3, 0.4) is 0 Å². The maximum Gasteiger partial charge on any atom is 0.573 e. The molecule has 0 fully saturated rings. The maximum atomic E-state index is 12.0. The second kappa shape index (κ2) is 4.79. The van der Waals surface area contributed by atoms with E-state index in [0.29, 0.717) is 5.69 Å². The number of anilines is 1. The number of nitrogens with zero attached hydrogens (tertiary/aromatic N) is 1. The monoisotopic (exact) mass is 268 g/mol. The van der Waals surface area contributed by atoms with Gasteiger partial charge in [0.05, 0.1) is 11.9 Å². The van der Waals surface area contributed by atoms with Gasteiger partial charge < -0.3 is 10.5 Å². The molecule has 0 unspecified atom stereocenters. The first-order chi connectivity index (χ1) is 8.87. The summed E-state index contributed by atoms with van der Waals surface area (Å²) in [7, 11) is 0. The van der Waals surface area contributed by atoms with E-state index in [1.165, 1.54) is 30.5 Å². The van der Waals surface area contributed by atoms with E-state index < -0.39 is 6.36 Å². The summed E-state index contributed by atoms with van der Waals surface area (Å²) in [4.78, 5) is 3.97. The van der Waals surface area contributed by atoms with Gasteiger partial charge in [0.15, 0.2) is 0 Å². The summed E-state index contributed by atoms with van der Waals surface area (Å²) in [5, 5.41) is 0. The molecule has 19 heavy (non-hydrogen) atoms. The molecule has 2 N–H and O–H groups in total. The Labute approximate surface area is 107 Å². The molecule has 3 nitrogen and oxygen atoms in total. The Hall–Kier alpha value is -2.24. The molecule has 0 radical (unpaired) electrons. The van der Waals surface area contributed by atoms with Gasteiger partial charge in [0.25, 0.3) is 0 Å². The van der Waals surface area contributed by atoms with Crippen LogP contribution < -0.4 is 10.5 Å². The smallest absolute Gasteiger partial charge is 0.406 e. The molecule has 0 saturated heterocycles. The van der Waals surface area contributed by atoms with Gasteiger partial charge in [0.2, 0.25) is 0 Å². The number of nitrogen functional groups attached to an aromatic ring is 1. The first-order valence-corrected chi connectivity index (χ1v) is 5.43. The third-order valence-corrected chi connectivity index (χ3v) is 2.65. The number of aromatic nitrogens is 1. The molecule has 0 aliphatic rings. The Morgan fingerprint density at radius 3 is 2.32 bits per heavy atom. The Morgan fingerprint density at radius 2 is 1.74 bits per heavy atom. The highest BCUT2D eigenvalue weighted by molar-refractivity contribution is 5.71. The van der Waals surface area contributed by atoms with Gasteiger partial charge >= 0.3 is 6.36 Å². The van der Waals surface area contributed by atoms with Crippen molar-refractivity contribution in [3.05, 3.63) is 42.2 Å². The van der Waals surface area contributed by atoms with Gasteiger partial charge in [0, 0.05) is 11.8 Å². The van der Waals surface area contributed by atoms with Crippen molar-refractivity contribution in [1.29, 1.82) is 0 Å². The molecule has 1 heterocycles. The Kier molecular flexibility index (Phi) is 3.33. The Balaban J connectivity index is 2.30. The number of ether oxygens (including phenoxy) is 1. The topological polar surface area (TPSA) is 48.1 Å². The maximum absolute atomic E-state index is 12.0. The molecule has 1 aromatic carbocycles. The standard InChI is InChI=1S/C13H11F3N2O/c1-8-11(6-18-7-12(8)17)9-2-4-10(5-3-9)19-13(14,15)16/h2-7H,17H2,1H3. The number of alkyl halides is 3. The minimum absolute atomic E-state index is 0.259. The van der Waals surface area contributed by atoms with Crippen LogP contribution in [0, 0.1) is 6.92 Å². The van der Waals surface area contributed by atoms with Crippen LogP contribution in [-0.4, -0.2) is 11.3 Å². The summed E-state index contributed by atoms with van der Waals surface area (Å²) in [6, 6.07) is 5.58. The van der Waals surface area contributed by atoms with Crippen molar-refractivity contribution in [2.45, 2.75) is 13.3 Å². The summed E-state index contributed by atoms with van der Waals surface area (Å²) >= 11 is 0. The average Bonchev–Trinajstić information content (AvgIpc) is 2.32. The van der Waals surface area contributed by atoms with Crippen LogP contribution >= 0.6 is 0 Å². The van der Waals surface area contributed by atoms with Crippen molar-refractivity contribution in [1.82, 2.24) is 4.98 Å². The highest BCUT2D eigenvalue weighted by atomic mass is 19.4. The third kappa shape index (κ3) is 3.15. The van der Waals surface area contributed by atoms with Crippen LogP contribution in [0.2, 0.25) is 0 Å². The molecular weight excluding hydrogens is 257 g/mol. The molecule has 2 aromatic rings. The SMILES string of the molecule is Cc1c(N)cncc1-c1ccc(OC(F)(F)F)cc1. The number of nitrogens with two attached hydrogens (primary N) is 1. The molecule has 0 aliphatic carbocycles. The number of hydrogen-bond donors (Lipinski definition) is 1. The zero-order chi connectivity index (χ0) is 14.0. The predicted octanol–water partition coefficient (Wildman–Crippen LogP) is 3.54. The third-order valence-electron chi connectivity index (χ3n) is 2.65. The average molecular weight is 268 g/mol. The molecule has 2 rings (SSSR count). The van der Waals surface area contributed by atoms with Gasteiger partial charge in [0.1, 0.15) is 5.75 Å². The molecule has 1 aromatic heterocycles. The van der Waals surface area contributed by atoms with Gasteiger partial charge in [-0.2, -0.15) is 0 Å². The molecule has 0 amide bonds. The van der Waals surface area contributed by atoms with E-state index in [1.54, 1.807) is 6.20 Å². The summed E-state index contributed by atoms with van der Waals surface area (Å²) in [5.74, 6) is -0.259. The zero-order valence-electron chi connectivity index (χ0n) is 10.0. The number of halogens is 3. The van der Waals surface area contributed by atoms with Gasteiger partial charge in [-0.25, -0.2) is 0 Å². The molecule has 0 spiro atoms. The second-order valence-electron chi connectivity index (χ2n) is 3.97. The van der Waals surface area contributed by atoms with E-state index in [1.807, 2.05) is 6.92 Å². The van der Waals surface area contributed by atoms with E-state index in [4.69, 9.17) is 5.73 Å². The van der Waals surface area contributed by atoms with E-state index in [0.717, 1.165) is 16.7 Å². The quantitative estimate of drug-likeness (QED) is 0.906. The minimum atomic E-state index is -4.68. The van der Waals surface area contributed by atoms with E-state index in [9.17, 15) is 13.2 Å². The van der Waals surface area contributed by atoms with Crippen LogP contribution in [0.25, 0.3) is 11.1 Å². The van der Waals surface area contributed by atoms with Crippen LogP contribution in [0.5, 0.6) is 5.75 Å². The lowest BCUT2D eigenvalue weighted by atomic mass is 10.0. The summed E-state index contributed by atoms with van der Waals surface area (Å²) in [6.45, 7) is 1.83. The molecular formula is C13H11F3N2O. The van der Waals surface area contributed by atoms with Crippen LogP contribution in [0.4, 0.5) is 18.9 Å². The van der Waals surface area contributed by atoms with Crippen molar-refractivity contribution in [3.63, 3.8) is 0 Å². The van der Waals surface area contributed by atoms with Crippen LogP contribution in [0.15, 0.2) is 36.7 Å². The van der Waals surface area contributed by atoms with Gasteiger partial charge in [-0.1, -0.05) is 12.1 Å². The fourth-order valence-electron chi connectivity index (χ4n) is 1.67. The lowest BCUT2D eigenvalue weighted by Gasteiger charge is -2.11. The molecule has 0 atom stereocenters. The van der Waals surface area contributed by atoms with Crippen molar-refractivity contribution < 1.29 is 17.9 Å². The van der Waals surface area contributed by atoms with Crippen LogP contribution in [0.1, 0.15) is 5.56 Å². The van der Waals surface area contributed by atoms with Crippen molar-refractivity contribution in [2.24, 2.45) is 0 Å². The molecule has 100 valence electrons. The molecule has 6 heteroatoms. The minimum Gasteiger partial charge on any atom is -0.406 e. The van der Waals surface area contributed by atoms with Gasteiger partial charge in [-0.15, -0.1) is 13.2 Å². The highest BCUT2D eigenvalue weighted by Crippen LogP contribution is 2.29. The normalized spacial score (nSPS) is 11.4. The van der Waals surface area contributed by atoms with Gasteiger partial charge in [-0.3, -0.25) is 4.98 Å². The first-order valence-electron chi connectivity index (χ1n) is 5.43. The van der Waals surface area contributed by atoms with Gasteiger partial charge in [-0.05, 0) is 30.2 Å². The Bertz CT molecular complexity index is 579. The van der Waals surface area contributed by atoms with Crippen LogP contribution in [-0.2, 0) is 0 Å². The van der Waals surface area contributed by atoms with E-state index >= 15 is 0 Å².